The molecule has 6 aromatic carbocycles. The number of amides is 3. The van der Waals surface area contributed by atoms with Gasteiger partial charge in [-0.3, -0.25) is 44.7 Å². The number of benzene rings is 6. The Hall–Kier alpha value is -7.95. The minimum atomic E-state index is -0.477. The molecule has 402 valence electrons. The molecule has 0 aromatic heterocycles. The Bertz CT molecular complexity index is 2800. The molecule has 0 radical (unpaired) electrons. The maximum absolute atomic E-state index is 13.8. The molecule has 0 saturated carbocycles. The molecular weight excluding hydrogens is 1120 g/mol. The van der Waals surface area contributed by atoms with Crippen LogP contribution in [-0.2, 0) is 14.4 Å². The van der Waals surface area contributed by atoms with Gasteiger partial charge in [-0.25, -0.2) is 0 Å². The SMILES string of the molecule is O=C(CCSc1ccc(NC(=S)Nc2ccc([N+](=O)[O-])cc2)cc1)N1CN(C(=O)CCSc2ccc(NC(=S)Nc3ccc([N+](=O)[O-])cc3)cc2)CN(C(=O)CCSc2ccc(NC(=S)Nc3ccc([N+](=O)[O-])cc3)cc2)C1. The number of nitro groups is 3. The lowest BCUT2D eigenvalue weighted by atomic mass is 10.3. The van der Waals surface area contributed by atoms with Crippen LogP contribution in [0.4, 0.5) is 51.2 Å². The predicted octanol–water partition coefficient (Wildman–Crippen LogP) is 11.1. The van der Waals surface area contributed by atoms with Gasteiger partial charge in [-0.05, 0) is 146 Å². The van der Waals surface area contributed by atoms with E-state index in [0.717, 1.165) is 14.7 Å². The third-order valence-electron chi connectivity index (χ3n) is 11.2. The molecule has 0 unspecified atom stereocenters. The summed E-state index contributed by atoms with van der Waals surface area (Å²) in [5.74, 6) is 0.665. The Labute approximate surface area is 476 Å². The Balaban J connectivity index is 0.897. The first-order valence-electron chi connectivity index (χ1n) is 23.5. The Morgan fingerprint density at radius 3 is 0.756 bits per heavy atom. The molecule has 78 heavy (non-hydrogen) atoms. The minimum absolute atomic E-state index is 0.0289. The van der Waals surface area contributed by atoms with Gasteiger partial charge in [-0.15, -0.1) is 35.3 Å². The van der Waals surface area contributed by atoms with Crippen LogP contribution < -0.4 is 31.9 Å². The number of hydrogen-bond donors (Lipinski definition) is 6. The number of thiocarbonyl (C=S) groups is 3. The van der Waals surface area contributed by atoms with E-state index in [1.165, 1.54) is 86.4 Å². The van der Waals surface area contributed by atoms with E-state index >= 15 is 0 Å². The summed E-state index contributed by atoms with van der Waals surface area (Å²) >= 11 is 20.7. The fraction of sp³-hybridized carbons (Fsp3) is 0.176. The molecule has 27 heteroatoms. The number of thioether (sulfide) groups is 3. The molecule has 1 saturated heterocycles. The van der Waals surface area contributed by atoms with Gasteiger partial charge in [0.25, 0.3) is 17.1 Å². The molecule has 0 aliphatic carbocycles. The van der Waals surface area contributed by atoms with E-state index in [-0.39, 0.29) is 74.1 Å². The van der Waals surface area contributed by atoms with Crippen LogP contribution in [0.3, 0.4) is 0 Å². The molecule has 1 heterocycles. The standard InChI is InChI=1S/C51H48N12O9S6/c64-46(25-28-76-43-19-7-37(8-20-43)55-49(73)52-34-1-13-40(14-2-34)61(67)68)58-31-59(47(65)26-29-77-44-21-9-38(10-22-44)56-50(74)53-35-3-15-41(16-4-35)62(69)70)33-60(32-58)48(66)27-30-78-45-23-11-39(12-24-45)57-51(75)54-36-5-17-42(18-6-36)63(71)72/h1-24H,25-33H2,(H2,52,55,73)(H2,53,56,74)(H2,54,57,75). The number of nitrogens with zero attached hydrogens (tertiary/aromatic N) is 6. The highest BCUT2D eigenvalue weighted by Crippen LogP contribution is 2.27. The molecule has 1 aliphatic heterocycles. The third kappa shape index (κ3) is 18.1. The normalized spacial score (nSPS) is 11.9. The average Bonchev–Trinajstić information content (AvgIpc) is 3.42. The van der Waals surface area contributed by atoms with E-state index in [0.29, 0.717) is 66.7 Å². The van der Waals surface area contributed by atoms with Crippen LogP contribution in [0, 0.1) is 30.3 Å². The van der Waals surface area contributed by atoms with Gasteiger partial charge in [0.05, 0.1) is 34.8 Å². The van der Waals surface area contributed by atoms with Crippen molar-refractivity contribution in [3.8, 4) is 0 Å². The first kappa shape index (κ1) is 57.7. The summed E-state index contributed by atoms with van der Waals surface area (Å²) in [5.41, 5.74) is 3.80. The summed E-state index contributed by atoms with van der Waals surface area (Å²) in [6, 6.07) is 40.0. The Kier molecular flexibility index (Phi) is 21.0. The number of non-ortho nitro benzene ring substituents is 3. The lowest BCUT2D eigenvalue weighted by Gasteiger charge is -2.42. The van der Waals surface area contributed by atoms with E-state index in [1.807, 2.05) is 72.8 Å². The van der Waals surface area contributed by atoms with Crippen LogP contribution in [0.1, 0.15) is 19.3 Å². The second-order valence-corrected chi connectivity index (χ2v) is 21.5. The number of carbonyl (C=O) groups excluding carboxylic acids is 3. The van der Waals surface area contributed by atoms with Crippen molar-refractivity contribution < 1.29 is 29.2 Å². The summed E-state index contributed by atoms with van der Waals surface area (Å²) in [5, 5.41) is 52.0. The smallest absolute Gasteiger partial charge is 0.269 e. The lowest BCUT2D eigenvalue weighted by molar-refractivity contribution is -0.385. The van der Waals surface area contributed by atoms with Gasteiger partial charge in [0.1, 0.15) is 0 Å². The lowest BCUT2D eigenvalue weighted by Crippen LogP contribution is -2.59. The average molecular weight is 1170 g/mol. The monoisotopic (exact) mass is 1160 g/mol. The van der Waals surface area contributed by atoms with Crippen molar-refractivity contribution >= 4 is 156 Å². The molecule has 7 rings (SSSR count). The highest BCUT2D eigenvalue weighted by atomic mass is 32.2. The number of rotatable bonds is 21. The van der Waals surface area contributed by atoms with Gasteiger partial charge >= 0.3 is 0 Å². The third-order valence-corrected chi connectivity index (χ3v) is 14.8. The zero-order chi connectivity index (χ0) is 55.6. The van der Waals surface area contributed by atoms with Gasteiger partial charge in [0.15, 0.2) is 15.3 Å². The van der Waals surface area contributed by atoms with Crippen molar-refractivity contribution in [2.24, 2.45) is 0 Å². The van der Waals surface area contributed by atoms with E-state index < -0.39 is 14.8 Å². The van der Waals surface area contributed by atoms with Crippen LogP contribution in [0.5, 0.6) is 0 Å². The van der Waals surface area contributed by atoms with Crippen LogP contribution in [0.15, 0.2) is 160 Å². The zero-order valence-corrected chi connectivity index (χ0v) is 45.9. The fourth-order valence-corrected chi connectivity index (χ4v) is 10.5. The molecule has 21 nitrogen and oxygen atoms in total. The van der Waals surface area contributed by atoms with Crippen LogP contribution in [-0.4, -0.2) is 99.8 Å². The summed E-state index contributed by atoms with van der Waals surface area (Å²) in [6.07, 6.45) is 0.444. The summed E-state index contributed by atoms with van der Waals surface area (Å²) in [7, 11) is 0. The molecule has 6 N–H and O–H groups in total. The molecule has 6 aromatic rings. The van der Waals surface area contributed by atoms with Crippen molar-refractivity contribution in [2.75, 3.05) is 69.2 Å². The van der Waals surface area contributed by atoms with Crippen LogP contribution in [0.2, 0.25) is 0 Å². The Morgan fingerprint density at radius 2 is 0.564 bits per heavy atom. The predicted molar refractivity (Wildman–Crippen MR) is 319 cm³/mol. The number of nitro benzene ring substituents is 3. The number of carbonyl (C=O) groups is 3. The maximum Gasteiger partial charge on any atom is 0.269 e. The van der Waals surface area contributed by atoms with E-state index in [2.05, 4.69) is 31.9 Å². The van der Waals surface area contributed by atoms with Gasteiger partial charge in [-0.2, -0.15) is 0 Å². The van der Waals surface area contributed by atoms with Gasteiger partial charge in [0, 0.05) is 122 Å². The highest BCUT2D eigenvalue weighted by Gasteiger charge is 2.31. The van der Waals surface area contributed by atoms with E-state index in [9.17, 15) is 44.7 Å². The molecule has 0 bridgehead atoms. The first-order valence-corrected chi connectivity index (χ1v) is 27.7. The van der Waals surface area contributed by atoms with Crippen LogP contribution in [0.25, 0.3) is 0 Å². The molecule has 1 fully saturated rings. The van der Waals surface area contributed by atoms with E-state index in [1.54, 1.807) is 36.4 Å². The van der Waals surface area contributed by atoms with Crippen molar-refractivity contribution in [3.05, 3.63) is 176 Å². The van der Waals surface area contributed by atoms with Crippen molar-refractivity contribution in [2.45, 2.75) is 33.9 Å². The van der Waals surface area contributed by atoms with E-state index in [4.69, 9.17) is 36.7 Å². The fourth-order valence-electron chi connectivity index (χ4n) is 7.25. The van der Waals surface area contributed by atoms with Crippen molar-refractivity contribution in [3.63, 3.8) is 0 Å². The molecule has 0 atom stereocenters. The maximum atomic E-state index is 13.8. The molecular formula is C51H48N12O9S6. The van der Waals surface area contributed by atoms with Gasteiger partial charge in [-0.1, -0.05) is 0 Å². The number of hydrogen-bond acceptors (Lipinski definition) is 15. The second-order valence-electron chi connectivity index (χ2n) is 16.7. The van der Waals surface area contributed by atoms with Crippen molar-refractivity contribution in [1.82, 2.24) is 14.7 Å². The first-order chi connectivity index (χ1) is 37.5. The molecule has 3 amide bonds. The molecule has 0 spiro atoms. The Morgan fingerprint density at radius 1 is 0.372 bits per heavy atom. The minimum Gasteiger partial charge on any atom is -0.332 e. The topological polar surface area (TPSA) is 263 Å². The number of nitrogens with one attached hydrogen (secondary N) is 6. The quantitative estimate of drug-likeness (QED) is 0.0169. The van der Waals surface area contributed by atoms with Crippen LogP contribution >= 0.6 is 71.9 Å². The highest BCUT2D eigenvalue weighted by molar-refractivity contribution is 7.99. The van der Waals surface area contributed by atoms with Gasteiger partial charge < -0.3 is 46.6 Å². The zero-order valence-electron chi connectivity index (χ0n) is 41.0. The largest absolute Gasteiger partial charge is 0.332 e. The second kappa shape index (κ2) is 28.4. The summed E-state index contributed by atoms with van der Waals surface area (Å²) in [6.45, 7) is 0.0867. The summed E-state index contributed by atoms with van der Waals surface area (Å²) in [4.78, 5) is 80.3. The van der Waals surface area contributed by atoms with Gasteiger partial charge in [0.2, 0.25) is 17.7 Å². The summed E-state index contributed by atoms with van der Waals surface area (Å²) < 4.78 is 0. The number of anilines is 6. The molecule has 1 aliphatic rings. The van der Waals surface area contributed by atoms with Crippen molar-refractivity contribution in [1.29, 1.82) is 0 Å².